The molecule has 0 aliphatic carbocycles. The summed E-state index contributed by atoms with van der Waals surface area (Å²) < 4.78 is 102. The second-order valence-corrected chi connectivity index (χ2v) is 10.4. The Morgan fingerprint density at radius 3 is 2.50 bits per heavy atom. The number of halogens is 5. The third-order valence-electron chi connectivity index (χ3n) is 5.93. The Morgan fingerprint density at radius 2 is 1.82 bits per heavy atom. The average molecular weight is 557 g/mol. The van der Waals surface area contributed by atoms with Crippen molar-refractivity contribution in [2.24, 2.45) is 0 Å². The van der Waals surface area contributed by atoms with E-state index in [4.69, 9.17) is 9.84 Å². The van der Waals surface area contributed by atoms with Crippen LogP contribution in [-0.2, 0) is 21.0 Å². The van der Waals surface area contributed by atoms with Gasteiger partial charge in [-0.05, 0) is 66.9 Å². The minimum Gasteiger partial charge on any atom is -0.486 e. The summed E-state index contributed by atoms with van der Waals surface area (Å²) in [5.74, 6) is -3.07. The molecule has 3 aromatic rings. The van der Waals surface area contributed by atoms with Crippen LogP contribution in [0, 0.1) is 11.6 Å². The van der Waals surface area contributed by atoms with Crippen molar-refractivity contribution in [3.63, 3.8) is 0 Å². The Bertz CT molecular complexity index is 1480. The second-order valence-electron chi connectivity index (χ2n) is 8.54. The molecule has 7 nitrogen and oxygen atoms in total. The van der Waals surface area contributed by atoms with Gasteiger partial charge in [-0.2, -0.15) is 13.2 Å². The Labute approximate surface area is 213 Å². The normalized spacial score (nSPS) is 16.5. The predicted octanol–water partition coefficient (Wildman–Crippen LogP) is 4.83. The lowest BCUT2D eigenvalue weighted by molar-refractivity contribution is -0.147. The summed E-state index contributed by atoms with van der Waals surface area (Å²) >= 11 is 0. The van der Waals surface area contributed by atoms with E-state index in [0.29, 0.717) is 12.1 Å². The van der Waals surface area contributed by atoms with Gasteiger partial charge in [0, 0.05) is 5.56 Å². The van der Waals surface area contributed by atoms with E-state index in [-0.39, 0.29) is 35.4 Å². The summed E-state index contributed by atoms with van der Waals surface area (Å²) in [4.78, 5) is 10.3. The summed E-state index contributed by atoms with van der Waals surface area (Å²) in [6, 6.07) is 9.67. The van der Waals surface area contributed by atoms with E-state index in [2.05, 4.69) is 0 Å². The van der Waals surface area contributed by atoms with Gasteiger partial charge in [-0.15, -0.1) is 0 Å². The molecular formula is C25H20F5NO6S. The number of rotatable bonds is 7. The van der Waals surface area contributed by atoms with Crippen LogP contribution >= 0.6 is 0 Å². The topological polar surface area (TPSA) is 104 Å². The third-order valence-corrected chi connectivity index (χ3v) is 7.70. The first-order chi connectivity index (χ1) is 17.8. The van der Waals surface area contributed by atoms with E-state index in [1.165, 1.54) is 18.2 Å². The summed E-state index contributed by atoms with van der Waals surface area (Å²) in [5, 5.41) is 18.5. The number of hydrogen-bond donors (Lipinski definition) is 2. The minimum atomic E-state index is -4.81. The van der Waals surface area contributed by atoms with Gasteiger partial charge in [0.2, 0.25) is 0 Å². The van der Waals surface area contributed by atoms with Crippen molar-refractivity contribution in [2.45, 2.75) is 36.1 Å². The van der Waals surface area contributed by atoms with Crippen molar-refractivity contribution >= 4 is 21.7 Å². The lowest BCUT2D eigenvalue weighted by Crippen LogP contribution is -2.44. The second kappa shape index (κ2) is 10.2. The molecule has 0 radical (unpaired) electrons. The van der Waals surface area contributed by atoms with E-state index in [1.54, 1.807) is 0 Å². The molecule has 0 aromatic heterocycles. The highest BCUT2D eigenvalue weighted by molar-refractivity contribution is 7.92. The number of hydrogen-bond acceptors (Lipinski definition) is 5. The fourth-order valence-corrected chi connectivity index (χ4v) is 5.55. The highest BCUT2D eigenvalue weighted by Crippen LogP contribution is 2.41. The maximum absolute atomic E-state index is 14.4. The fraction of sp³-hybridized carbons (Fsp3) is 0.240. The van der Waals surface area contributed by atoms with Crippen LogP contribution < -0.4 is 9.04 Å². The van der Waals surface area contributed by atoms with Gasteiger partial charge < -0.3 is 14.9 Å². The molecule has 1 aliphatic rings. The Morgan fingerprint density at radius 1 is 1.08 bits per heavy atom. The average Bonchev–Trinajstić information content (AvgIpc) is 2.87. The minimum absolute atomic E-state index is 0.0397. The quantitative estimate of drug-likeness (QED) is 0.404. The van der Waals surface area contributed by atoms with E-state index < -0.39 is 63.0 Å². The lowest BCUT2D eigenvalue weighted by atomic mass is 10.0. The number of anilines is 1. The molecule has 0 fully saturated rings. The number of benzene rings is 3. The molecule has 0 spiro atoms. The van der Waals surface area contributed by atoms with Crippen LogP contribution in [0.3, 0.4) is 0 Å². The molecule has 38 heavy (non-hydrogen) atoms. The monoisotopic (exact) mass is 557 g/mol. The zero-order valence-electron chi connectivity index (χ0n) is 19.3. The van der Waals surface area contributed by atoms with Crippen LogP contribution in [0.1, 0.15) is 18.4 Å². The molecule has 0 bridgehead atoms. The number of ether oxygens (including phenoxy) is 1. The van der Waals surface area contributed by atoms with Crippen LogP contribution in [0.4, 0.5) is 27.6 Å². The zero-order valence-corrected chi connectivity index (χ0v) is 20.1. The van der Waals surface area contributed by atoms with Gasteiger partial charge >= 0.3 is 12.1 Å². The number of nitrogens with zero attached hydrogens (tertiary/aromatic N) is 1. The van der Waals surface area contributed by atoms with Gasteiger partial charge in [0.1, 0.15) is 23.5 Å². The Balaban J connectivity index is 1.80. The number of sulfonamides is 1. The third kappa shape index (κ3) is 5.58. The first-order valence-corrected chi connectivity index (χ1v) is 12.6. The molecule has 13 heteroatoms. The van der Waals surface area contributed by atoms with Crippen LogP contribution in [-0.4, -0.2) is 43.4 Å². The molecular weight excluding hydrogens is 537 g/mol. The molecule has 2 N–H and O–H groups in total. The lowest BCUT2D eigenvalue weighted by Gasteiger charge is -2.36. The number of aliphatic hydroxyl groups is 1. The first kappa shape index (κ1) is 27.3. The van der Waals surface area contributed by atoms with Crippen molar-refractivity contribution in [2.75, 3.05) is 10.8 Å². The number of aliphatic carboxylic acids is 1. The van der Waals surface area contributed by atoms with Crippen LogP contribution in [0.15, 0.2) is 65.6 Å². The molecule has 1 aliphatic heterocycles. The molecule has 3 aromatic carbocycles. The number of carboxylic acids is 1. The van der Waals surface area contributed by atoms with E-state index in [1.807, 2.05) is 0 Å². The van der Waals surface area contributed by atoms with Gasteiger partial charge in [0.15, 0.2) is 6.10 Å². The summed E-state index contributed by atoms with van der Waals surface area (Å²) in [5.41, 5.74) is -1.44. The standard InChI is InChI=1S/C25H20F5NO6S/c26-16-5-7-20(27)19(12-16)14-4-9-23-21(10-14)31(13-17(37-23)6-8-22(32)24(33)34)38(35,36)18-3-1-2-15(11-18)25(28,29)30/h1-5,7,9-12,17,22,32H,6,8,13H2,(H,33,34)/t17-,22+/m0/s1. The molecule has 202 valence electrons. The molecule has 0 saturated heterocycles. The summed E-state index contributed by atoms with van der Waals surface area (Å²) in [6.45, 7) is -0.451. The van der Waals surface area contributed by atoms with Crippen LogP contribution in [0.5, 0.6) is 5.75 Å². The largest absolute Gasteiger partial charge is 0.486 e. The van der Waals surface area contributed by atoms with Crippen molar-refractivity contribution in [1.29, 1.82) is 0 Å². The number of aliphatic hydroxyl groups excluding tert-OH is 1. The highest BCUT2D eigenvalue weighted by Gasteiger charge is 2.37. The molecule has 0 amide bonds. The van der Waals surface area contributed by atoms with E-state index in [9.17, 15) is 40.3 Å². The number of alkyl halides is 3. The summed E-state index contributed by atoms with van der Waals surface area (Å²) in [7, 11) is -4.66. The first-order valence-electron chi connectivity index (χ1n) is 11.1. The molecule has 0 saturated carbocycles. The van der Waals surface area contributed by atoms with Crippen molar-refractivity contribution in [1.82, 2.24) is 0 Å². The maximum atomic E-state index is 14.4. The van der Waals surface area contributed by atoms with Crippen molar-refractivity contribution in [3.05, 3.63) is 77.9 Å². The zero-order chi connectivity index (χ0) is 27.8. The van der Waals surface area contributed by atoms with E-state index >= 15 is 0 Å². The SMILES string of the molecule is O=C(O)[C@H](O)CC[C@H]1CN(S(=O)(=O)c2cccc(C(F)(F)F)c2)c2cc(-c3cc(F)ccc3F)ccc2O1. The Kier molecular flexibility index (Phi) is 7.35. The van der Waals surface area contributed by atoms with E-state index in [0.717, 1.165) is 34.6 Å². The Hall–Kier alpha value is -3.71. The van der Waals surface area contributed by atoms with Gasteiger partial charge in [-0.3, -0.25) is 4.31 Å². The summed E-state index contributed by atoms with van der Waals surface area (Å²) in [6.07, 6.45) is -7.94. The van der Waals surface area contributed by atoms with Crippen molar-refractivity contribution < 1.29 is 50.1 Å². The van der Waals surface area contributed by atoms with Crippen LogP contribution in [0.25, 0.3) is 11.1 Å². The number of carboxylic acid groups (broad SMARTS) is 1. The molecule has 4 rings (SSSR count). The maximum Gasteiger partial charge on any atom is 0.416 e. The highest BCUT2D eigenvalue weighted by atomic mass is 32.2. The number of fused-ring (bicyclic) bond motifs is 1. The van der Waals surface area contributed by atoms with Crippen LogP contribution in [0.2, 0.25) is 0 Å². The number of carbonyl (C=O) groups is 1. The molecule has 0 unspecified atom stereocenters. The van der Waals surface area contributed by atoms with Crippen molar-refractivity contribution in [3.8, 4) is 16.9 Å². The molecule has 1 heterocycles. The van der Waals surface area contributed by atoms with Gasteiger partial charge in [0.05, 0.1) is 22.7 Å². The predicted molar refractivity (Wildman–Crippen MR) is 125 cm³/mol. The van der Waals surface area contributed by atoms with Gasteiger partial charge in [-0.25, -0.2) is 22.0 Å². The smallest absolute Gasteiger partial charge is 0.416 e. The molecule has 2 atom stereocenters. The fourth-order valence-electron chi connectivity index (χ4n) is 4.00. The van der Waals surface area contributed by atoms with Gasteiger partial charge in [0.25, 0.3) is 10.0 Å². The van der Waals surface area contributed by atoms with Gasteiger partial charge in [-0.1, -0.05) is 12.1 Å².